The van der Waals surface area contributed by atoms with Crippen LogP contribution in [-0.2, 0) is 0 Å². The first-order valence-corrected chi connectivity index (χ1v) is 7.85. The van der Waals surface area contributed by atoms with E-state index in [1.165, 1.54) is 0 Å². The average Bonchev–Trinajstić information content (AvgIpc) is 2.58. The molecule has 0 amide bonds. The van der Waals surface area contributed by atoms with Crippen molar-refractivity contribution in [2.75, 3.05) is 52.4 Å². The second-order valence-electron chi connectivity index (χ2n) is 5.68. The minimum Gasteiger partial charge on any atom is -0.314 e. The van der Waals surface area contributed by atoms with Crippen molar-refractivity contribution in [3.05, 3.63) is 35.9 Å². The number of carbonyl (C=O) groups excluding carboxylic acids is 1. The number of benzene rings is 1. The summed E-state index contributed by atoms with van der Waals surface area (Å²) in [5.41, 5.74) is 0.819. The predicted molar refractivity (Wildman–Crippen MR) is 83.4 cm³/mol. The normalized spacial score (nSPS) is 21.6. The maximum Gasteiger partial charge on any atom is 0.194 e. The molecule has 0 spiro atoms. The molecule has 0 aliphatic carbocycles. The highest BCUT2D eigenvalue weighted by Crippen LogP contribution is 2.15. The molecular weight excluding hydrogens is 264 g/mol. The summed E-state index contributed by atoms with van der Waals surface area (Å²) in [7, 11) is 0. The van der Waals surface area contributed by atoms with Gasteiger partial charge in [0.15, 0.2) is 5.78 Å². The number of nitrogens with zero attached hydrogens (tertiary/aromatic N) is 2. The van der Waals surface area contributed by atoms with Crippen LogP contribution in [0, 0.1) is 0 Å². The molecule has 0 atom stereocenters. The van der Waals surface area contributed by atoms with Gasteiger partial charge in [0.05, 0.1) is 0 Å². The van der Waals surface area contributed by atoms with E-state index < -0.39 is 0 Å². The van der Waals surface area contributed by atoms with E-state index in [-0.39, 0.29) is 11.9 Å². The summed E-state index contributed by atoms with van der Waals surface area (Å²) in [4.78, 5) is 17.7. The third-order valence-corrected chi connectivity index (χ3v) is 4.29. The van der Waals surface area contributed by atoms with Crippen LogP contribution in [0.1, 0.15) is 10.4 Å². The molecule has 5 nitrogen and oxygen atoms in total. The molecule has 1 aromatic carbocycles. The zero-order chi connectivity index (χ0) is 14.5. The number of carbonyl (C=O) groups is 1. The van der Waals surface area contributed by atoms with Crippen LogP contribution >= 0.6 is 0 Å². The van der Waals surface area contributed by atoms with Gasteiger partial charge in [-0.2, -0.15) is 0 Å². The van der Waals surface area contributed by atoms with Crippen molar-refractivity contribution in [3.8, 4) is 0 Å². The first kappa shape index (κ1) is 14.7. The molecule has 0 radical (unpaired) electrons. The minimum absolute atomic E-state index is 0.114. The molecule has 0 saturated carbocycles. The standard InChI is InChI=1S/C16H24N4O/c21-15(14-4-2-1-3-5-14)16(19-10-6-17-7-11-19)20-12-8-18-9-13-20/h1-5,16-18H,6-13H2. The van der Waals surface area contributed by atoms with Gasteiger partial charge in [-0.3, -0.25) is 14.6 Å². The Morgan fingerprint density at radius 2 is 1.33 bits per heavy atom. The van der Waals surface area contributed by atoms with Crippen molar-refractivity contribution >= 4 is 5.78 Å². The molecule has 5 heteroatoms. The first-order chi connectivity index (χ1) is 10.4. The third-order valence-electron chi connectivity index (χ3n) is 4.29. The van der Waals surface area contributed by atoms with E-state index >= 15 is 0 Å². The summed E-state index contributed by atoms with van der Waals surface area (Å²) in [6.07, 6.45) is -0.114. The Hall–Kier alpha value is -1.27. The highest BCUT2D eigenvalue weighted by molar-refractivity contribution is 5.99. The number of rotatable bonds is 4. The predicted octanol–water partition coefficient (Wildman–Crippen LogP) is 0.00580. The van der Waals surface area contributed by atoms with Crippen LogP contribution in [0.4, 0.5) is 0 Å². The van der Waals surface area contributed by atoms with E-state index in [1.54, 1.807) is 0 Å². The fourth-order valence-corrected chi connectivity index (χ4v) is 3.17. The fourth-order valence-electron chi connectivity index (χ4n) is 3.17. The Balaban J connectivity index is 1.81. The van der Waals surface area contributed by atoms with Crippen LogP contribution in [0.5, 0.6) is 0 Å². The zero-order valence-corrected chi connectivity index (χ0v) is 12.4. The van der Waals surface area contributed by atoms with Gasteiger partial charge in [-0.1, -0.05) is 30.3 Å². The molecule has 3 rings (SSSR count). The lowest BCUT2D eigenvalue weighted by molar-refractivity contribution is 0.0250. The number of hydrogen-bond donors (Lipinski definition) is 2. The molecule has 0 unspecified atom stereocenters. The van der Waals surface area contributed by atoms with Crippen LogP contribution in [0.3, 0.4) is 0 Å². The Morgan fingerprint density at radius 1 is 0.857 bits per heavy atom. The molecule has 2 aliphatic heterocycles. The van der Waals surface area contributed by atoms with Gasteiger partial charge in [-0.25, -0.2) is 0 Å². The van der Waals surface area contributed by atoms with Gasteiger partial charge in [-0.15, -0.1) is 0 Å². The molecule has 2 saturated heterocycles. The molecule has 2 N–H and O–H groups in total. The Labute approximate surface area is 126 Å². The summed E-state index contributed by atoms with van der Waals surface area (Å²) < 4.78 is 0. The van der Waals surface area contributed by atoms with E-state index in [2.05, 4.69) is 20.4 Å². The highest BCUT2D eigenvalue weighted by Gasteiger charge is 2.33. The van der Waals surface area contributed by atoms with E-state index in [0.717, 1.165) is 57.9 Å². The van der Waals surface area contributed by atoms with Gasteiger partial charge in [-0.05, 0) is 0 Å². The smallest absolute Gasteiger partial charge is 0.194 e. The summed E-state index contributed by atoms with van der Waals surface area (Å²) in [6.45, 7) is 7.60. The largest absolute Gasteiger partial charge is 0.314 e. The molecule has 2 heterocycles. The van der Waals surface area contributed by atoms with Crippen LogP contribution < -0.4 is 10.6 Å². The van der Waals surface area contributed by atoms with Gasteiger partial charge < -0.3 is 10.6 Å². The molecular formula is C16H24N4O. The Morgan fingerprint density at radius 3 is 1.81 bits per heavy atom. The first-order valence-electron chi connectivity index (χ1n) is 7.85. The maximum atomic E-state index is 13.0. The highest BCUT2D eigenvalue weighted by atomic mass is 16.1. The van der Waals surface area contributed by atoms with Gasteiger partial charge in [0.25, 0.3) is 0 Å². The molecule has 0 bridgehead atoms. The third kappa shape index (κ3) is 3.49. The molecule has 114 valence electrons. The van der Waals surface area contributed by atoms with E-state index in [0.29, 0.717) is 0 Å². The summed E-state index contributed by atoms with van der Waals surface area (Å²) in [5, 5.41) is 6.73. The number of ketones is 1. The van der Waals surface area contributed by atoms with Crippen molar-refractivity contribution < 1.29 is 4.79 Å². The zero-order valence-electron chi connectivity index (χ0n) is 12.4. The van der Waals surface area contributed by atoms with Gasteiger partial charge in [0, 0.05) is 57.9 Å². The lowest BCUT2D eigenvalue weighted by atomic mass is 10.1. The van der Waals surface area contributed by atoms with E-state index in [4.69, 9.17) is 0 Å². The minimum atomic E-state index is -0.114. The average molecular weight is 288 g/mol. The second kappa shape index (κ2) is 7.13. The second-order valence-corrected chi connectivity index (χ2v) is 5.68. The van der Waals surface area contributed by atoms with Crippen molar-refractivity contribution in [2.24, 2.45) is 0 Å². The molecule has 2 aliphatic rings. The summed E-state index contributed by atoms with van der Waals surface area (Å²) in [5.74, 6) is 0.236. The van der Waals surface area contributed by atoms with Crippen molar-refractivity contribution in [2.45, 2.75) is 6.17 Å². The Kier molecular flexibility index (Phi) is 4.98. The van der Waals surface area contributed by atoms with Crippen LogP contribution in [0.25, 0.3) is 0 Å². The van der Waals surface area contributed by atoms with E-state index in [9.17, 15) is 4.79 Å². The molecule has 1 aromatic rings. The molecule has 0 aromatic heterocycles. The van der Waals surface area contributed by atoms with E-state index in [1.807, 2.05) is 30.3 Å². The lowest BCUT2D eigenvalue weighted by Crippen LogP contribution is -2.61. The number of Topliss-reactive ketones (excluding diaryl/α,β-unsaturated/α-hetero) is 1. The van der Waals surface area contributed by atoms with Crippen molar-refractivity contribution in [3.63, 3.8) is 0 Å². The van der Waals surface area contributed by atoms with Crippen LogP contribution in [0.2, 0.25) is 0 Å². The number of nitrogens with one attached hydrogen (secondary N) is 2. The SMILES string of the molecule is O=C(c1ccccc1)C(N1CCNCC1)N1CCNCC1. The summed E-state index contributed by atoms with van der Waals surface area (Å²) >= 11 is 0. The Bertz CT molecular complexity index is 435. The van der Waals surface area contributed by atoms with Gasteiger partial charge >= 0.3 is 0 Å². The lowest BCUT2D eigenvalue weighted by Gasteiger charge is -2.42. The van der Waals surface area contributed by atoms with Crippen LogP contribution in [0.15, 0.2) is 30.3 Å². The fraction of sp³-hybridized carbons (Fsp3) is 0.562. The van der Waals surface area contributed by atoms with Gasteiger partial charge in [0.1, 0.15) is 6.17 Å². The molecule has 2 fully saturated rings. The summed E-state index contributed by atoms with van der Waals surface area (Å²) in [6, 6.07) is 9.71. The topological polar surface area (TPSA) is 47.6 Å². The number of hydrogen-bond acceptors (Lipinski definition) is 5. The van der Waals surface area contributed by atoms with Crippen molar-refractivity contribution in [1.29, 1.82) is 0 Å². The number of piperazine rings is 2. The van der Waals surface area contributed by atoms with Crippen molar-refractivity contribution in [1.82, 2.24) is 20.4 Å². The quantitative estimate of drug-likeness (QED) is 0.764. The van der Waals surface area contributed by atoms with Gasteiger partial charge in [0.2, 0.25) is 0 Å². The van der Waals surface area contributed by atoms with Crippen LogP contribution in [-0.4, -0.2) is 74.1 Å². The maximum absolute atomic E-state index is 13.0. The monoisotopic (exact) mass is 288 g/mol. The molecule has 21 heavy (non-hydrogen) atoms.